The van der Waals surface area contributed by atoms with Crippen LogP contribution in [-0.4, -0.2) is 30.7 Å². The van der Waals surface area contributed by atoms with E-state index in [1.807, 2.05) is 0 Å². The molecule has 6 heteroatoms. The van der Waals surface area contributed by atoms with Gasteiger partial charge in [0.05, 0.1) is 0 Å². The van der Waals surface area contributed by atoms with Gasteiger partial charge in [0.15, 0.2) is 16.6 Å². The Morgan fingerprint density at radius 2 is 0.947 bits per heavy atom. The Morgan fingerprint density at radius 1 is 0.632 bits per heavy atom. The lowest BCUT2D eigenvalue weighted by atomic mass is 10.9. The summed E-state index contributed by atoms with van der Waals surface area (Å²) in [7, 11) is -4.84. The molecule has 0 spiro atoms. The van der Waals surface area contributed by atoms with Crippen LogP contribution in [-0.2, 0) is 8.23 Å². The molecule has 1 heterocycles. The van der Waals surface area contributed by atoms with Crippen LogP contribution in [0, 0.1) is 0 Å². The molecule has 1 fully saturated rings. The summed E-state index contributed by atoms with van der Waals surface area (Å²) in [5.41, 5.74) is 1.36. The fourth-order valence-corrected chi connectivity index (χ4v) is 26.8. The van der Waals surface area contributed by atoms with Crippen molar-refractivity contribution in [3.8, 4) is 0 Å². The summed E-state index contributed by atoms with van der Waals surface area (Å²) >= 11 is 0. The largest absolute Gasteiger partial charge is 0.436 e. The van der Waals surface area contributed by atoms with Crippen molar-refractivity contribution >= 4 is 25.2 Å². The van der Waals surface area contributed by atoms with Crippen molar-refractivity contribution in [2.75, 3.05) is 0 Å². The van der Waals surface area contributed by atoms with Crippen molar-refractivity contribution in [2.24, 2.45) is 0 Å². The highest BCUT2D eigenvalue weighted by Crippen LogP contribution is 2.44. The molecule has 0 unspecified atom stereocenters. The monoisotopic (exact) mass is 322 g/mol. The summed E-state index contributed by atoms with van der Waals surface area (Å²) in [5.74, 6) is 0. The molecule has 2 N–H and O–H groups in total. The molecule has 0 radical (unpaired) electrons. The third-order valence-electron chi connectivity index (χ3n) is 5.10. The zero-order valence-corrected chi connectivity index (χ0v) is 16.8. The van der Waals surface area contributed by atoms with Gasteiger partial charge in [0.2, 0.25) is 0 Å². The van der Waals surface area contributed by atoms with Gasteiger partial charge in [0.25, 0.3) is 0 Å². The van der Waals surface area contributed by atoms with Gasteiger partial charge in [-0.3, -0.25) is 0 Å². The molecule has 0 aromatic heterocycles. The van der Waals surface area contributed by atoms with Gasteiger partial charge >= 0.3 is 8.56 Å². The second kappa shape index (κ2) is 7.51. The van der Waals surface area contributed by atoms with Crippen LogP contribution in [0.3, 0.4) is 0 Å². The van der Waals surface area contributed by atoms with Crippen LogP contribution in [0.5, 0.6) is 0 Å². The molecule has 0 aliphatic carbocycles. The predicted octanol–water partition coefficient (Wildman–Crippen LogP) is 4.20. The van der Waals surface area contributed by atoms with Gasteiger partial charge < -0.3 is 13.7 Å². The summed E-state index contributed by atoms with van der Waals surface area (Å²) < 4.78 is 13.6. The van der Waals surface area contributed by atoms with Gasteiger partial charge in [0, 0.05) is 0 Å². The van der Waals surface area contributed by atoms with Crippen LogP contribution in [0.1, 0.15) is 41.5 Å². The highest BCUT2D eigenvalue weighted by atomic mass is 28.5. The topological polar surface area (TPSA) is 50.0 Å². The first-order chi connectivity index (χ1) is 8.49. The maximum absolute atomic E-state index is 6.81. The van der Waals surface area contributed by atoms with Crippen molar-refractivity contribution in [2.45, 2.75) is 83.5 Å². The molecule has 0 aromatic rings. The van der Waals surface area contributed by atoms with E-state index in [4.69, 9.17) is 8.23 Å². The maximum atomic E-state index is 6.81. The van der Waals surface area contributed by atoms with Crippen molar-refractivity contribution in [1.29, 1.82) is 0 Å². The smallest absolute Gasteiger partial charge is 0.317 e. The average Bonchev–Trinajstić information content (AvgIpc) is 2.46. The molecule has 19 heavy (non-hydrogen) atoms. The molecule has 0 aromatic carbocycles. The van der Waals surface area contributed by atoms with E-state index in [-0.39, 0.29) is 5.48 Å². The Balaban J connectivity index is 0.00000324. The first kappa shape index (κ1) is 19.5. The molecule has 0 atom stereocenters. The minimum Gasteiger partial charge on any atom is -0.436 e. The van der Waals surface area contributed by atoms with Crippen molar-refractivity contribution in [1.82, 2.24) is 0 Å². The van der Waals surface area contributed by atoms with Crippen LogP contribution < -0.4 is 0 Å². The summed E-state index contributed by atoms with van der Waals surface area (Å²) in [6, 6.07) is 7.44. The minimum atomic E-state index is -1.86. The number of hydrogen-bond donors (Lipinski definition) is 0. The molecule has 3 nitrogen and oxygen atoms in total. The maximum Gasteiger partial charge on any atom is 0.317 e. The van der Waals surface area contributed by atoms with Crippen LogP contribution >= 0.6 is 0 Å². The fraction of sp³-hybridized carbons (Fsp3) is 1.00. The molecular formula is C13H34O3Si3. The van der Waals surface area contributed by atoms with E-state index in [1.54, 1.807) is 0 Å². The third-order valence-corrected chi connectivity index (χ3v) is 24.0. The Bertz CT molecular complexity index is 207. The van der Waals surface area contributed by atoms with E-state index in [9.17, 15) is 0 Å². The highest BCUT2D eigenvalue weighted by Gasteiger charge is 2.56. The van der Waals surface area contributed by atoms with Crippen LogP contribution in [0.2, 0.25) is 41.9 Å². The van der Waals surface area contributed by atoms with E-state index in [1.165, 1.54) is 29.8 Å². The van der Waals surface area contributed by atoms with Crippen LogP contribution in [0.25, 0.3) is 0 Å². The summed E-state index contributed by atoms with van der Waals surface area (Å²) in [6.07, 6.45) is 0. The van der Waals surface area contributed by atoms with E-state index in [0.717, 1.165) is 12.1 Å². The zero-order valence-electron chi connectivity index (χ0n) is 13.8. The second-order valence-corrected chi connectivity index (χ2v) is 19.6. The Labute approximate surface area is 122 Å². The summed E-state index contributed by atoms with van der Waals surface area (Å²) in [4.78, 5) is 0. The van der Waals surface area contributed by atoms with E-state index in [2.05, 4.69) is 41.5 Å². The normalized spacial score (nSPS) is 23.7. The molecule has 1 aliphatic rings. The molecular weight excluding hydrogens is 288 g/mol. The lowest BCUT2D eigenvalue weighted by Gasteiger charge is -2.53. The third kappa shape index (κ3) is 3.79. The molecule has 116 valence electrons. The van der Waals surface area contributed by atoms with Gasteiger partial charge in [-0.25, -0.2) is 0 Å². The van der Waals surface area contributed by atoms with Gasteiger partial charge in [-0.15, -0.1) is 0 Å². The highest BCUT2D eigenvalue weighted by molar-refractivity contribution is 7.01. The molecule has 1 aliphatic heterocycles. The van der Waals surface area contributed by atoms with Crippen LogP contribution in [0.4, 0.5) is 0 Å². The first-order valence-electron chi connectivity index (χ1n) is 7.89. The standard InChI is InChI=1S/C13H32O2Si3.H2O/c1-7-16(8-2)13-17(9-3,10-4)15-18(11-5,12-6)14-16;/h7-13H2,1-6H3;1H2. The van der Waals surface area contributed by atoms with Crippen molar-refractivity contribution < 1.29 is 13.7 Å². The van der Waals surface area contributed by atoms with E-state index >= 15 is 0 Å². The molecule has 0 amide bonds. The Kier molecular flexibility index (Phi) is 7.72. The summed E-state index contributed by atoms with van der Waals surface area (Å²) in [6.45, 7) is 14.0. The average molecular weight is 323 g/mol. The van der Waals surface area contributed by atoms with Crippen molar-refractivity contribution in [3.63, 3.8) is 0 Å². The van der Waals surface area contributed by atoms with Gasteiger partial charge in [-0.2, -0.15) is 0 Å². The molecule has 1 saturated heterocycles. The quantitative estimate of drug-likeness (QED) is 0.688. The number of hydrogen-bond acceptors (Lipinski definition) is 2. The SMILES string of the molecule is CC[Si]1(CC)C[Si](CC)(CC)O[Si](CC)(CC)O1.O. The first-order valence-corrected chi connectivity index (χ1v) is 15.2. The van der Waals surface area contributed by atoms with Gasteiger partial charge in [-0.05, 0) is 41.9 Å². The zero-order chi connectivity index (χ0) is 13.9. The predicted molar refractivity (Wildman–Crippen MR) is 90.7 cm³/mol. The Morgan fingerprint density at radius 3 is 1.16 bits per heavy atom. The summed E-state index contributed by atoms with van der Waals surface area (Å²) in [5, 5.41) is 0. The van der Waals surface area contributed by atoms with Crippen molar-refractivity contribution in [3.05, 3.63) is 0 Å². The lowest BCUT2D eigenvalue weighted by molar-refractivity contribution is 0.342. The second-order valence-electron chi connectivity index (χ2n) is 5.78. The van der Waals surface area contributed by atoms with Gasteiger partial charge in [-0.1, -0.05) is 41.5 Å². The lowest BCUT2D eigenvalue weighted by Crippen LogP contribution is -2.66. The molecule has 0 bridgehead atoms. The fourth-order valence-electron chi connectivity index (χ4n) is 3.30. The van der Waals surface area contributed by atoms with E-state index in [0.29, 0.717) is 0 Å². The molecule has 1 rings (SSSR count). The Hall–Kier alpha value is 0.531. The molecule has 0 saturated carbocycles. The van der Waals surface area contributed by atoms with E-state index < -0.39 is 25.2 Å². The van der Waals surface area contributed by atoms with Gasteiger partial charge in [0.1, 0.15) is 0 Å². The number of rotatable bonds is 6. The minimum absolute atomic E-state index is 0. The van der Waals surface area contributed by atoms with Crippen LogP contribution in [0.15, 0.2) is 0 Å².